The van der Waals surface area contributed by atoms with Crippen molar-refractivity contribution in [2.45, 2.75) is 32.7 Å². The number of hydrogen-bond donors (Lipinski definition) is 1. The molecule has 0 radical (unpaired) electrons. The predicted molar refractivity (Wildman–Crippen MR) is 62.5 cm³/mol. The van der Waals surface area contributed by atoms with Crippen molar-refractivity contribution in [3.8, 4) is 0 Å². The lowest BCUT2D eigenvalue weighted by molar-refractivity contribution is -0.385. The van der Waals surface area contributed by atoms with E-state index in [1.54, 1.807) is 0 Å². The minimum Gasteiger partial charge on any atom is -0.351 e. The lowest BCUT2D eigenvalue weighted by atomic mass is 10.1. The van der Waals surface area contributed by atoms with Gasteiger partial charge in [-0.3, -0.25) is 19.9 Å². The second-order valence-corrected chi connectivity index (χ2v) is 4.74. The molecule has 1 aromatic heterocycles. The second kappa shape index (κ2) is 4.90. The molecular formula is C11H15N3O3. The maximum Gasteiger partial charge on any atom is 0.287 e. The Kier molecular flexibility index (Phi) is 3.77. The lowest BCUT2D eigenvalue weighted by Gasteiger charge is -2.20. The highest BCUT2D eigenvalue weighted by molar-refractivity contribution is 5.78. The molecule has 0 spiro atoms. The first kappa shape index (κ1) is 13.1. The lowest BCUT2D eigenvalue weighted by Crippen LogP contribution is -2.41. The molecule has 0 aliphatic carbocycles. The first-order valence-corrected chi connectivity index (χ1v) is 5.18. The van der Waals surface area contributed by atoms with Gasteiger partial charge in [0.1, 0.15) is 6.20 Å². The molecule has 0 bridgehead atoms. The van der Waals surface area contributed by atoms with Crippen LogP contribution in [0.1, 0.15) is 26.5 Å². The molecule has 1 rings (SSSR count). The van der Waals surface area contributed by atoms with Gasteiger partial charge in [0.2, 0.25) is 5.91 Å². The number of carbonyl (C=O) groups excluding carboxylic acids is 1. The van der Waals surface area contributed by atoms with Crippen molar-refractivity contribution >= 4 is 11.6 Å². The molecule has 0 atom stereocenters. The van der Waals surface area contributed by atoms with Crippen LogP contribution in [0.2, 0.25) is 0 Å². The quantitative estimate of drug-likeness (QED) is 0.636. The van der Waals surface area contributed by atoms with Crippen LogP contribution in [0.15, 0.2) is 18.3 Å². The molecule has 0 fully saturated rings. The first-order chi connectivity index (χ1) is 7.78. The molecule has 0 saturated heterocycles. The summed E-state index contributed by atoms with van der Waals surface area (Å²) in [6.45, 7) is 5.65. The molecule has 0 saturated carbocycles. The van der Waals surface area contributed by atoms with Crippen LogP contribution in [-0.4, -0.2) is 21.4 Å². The molecule has 6 nitrogen and oxygen atoms in total. The number of rotatable bonds is 3. The van der Waals surface area contributed by atoms with Gasteiger partial charge >= 0.3 is 0 Å². The van der Waals surface area contributed by atoms with Gasteiger partial charge in [0, 0.05) is 11.6 Å². The van der Waals surface area contributed by atoms with Crippen molar-refractivity contribution in [3.63, 3.8) is 0 Å². The smallest absolute Gasteiger partial charge is 0.287 e. The Balaban J connectivity index is 2.64. The molecule has 0 unspecified atom stereocenters. The zero-order valence-electron chi connectivity index (χ0n) is 10.1. The maximum absolute atomic E-state index is 11.6. The fourth-order valence-electron chi connectivity index (χ4n) is 1.26. The van der Waals surface area contributed by atoms with Gasteiger partial charge in [-0.25, -0.2) is 0 Å². The summed E-state index contributed by atoms with van der Waals surface area (Å²) in [6.07, 6.45) is 1.27. The van der Waals surface area contributed by atoms with Crippen LogP contribution in [-0.2, 0) is 11.2 Å². The van der Waals surface area contributed by atoms with E-state index in [0.717, 1.165) is 6.20 Å². The normalized spacial score (nSPS) is 11.0. The van der Waals surface area contributed by atoms with Crippen molar-refractivity contribution in [1.29, 1.82) is 0 Å². The van der Waals surface area contributed by atoms with Gasteiger partial charge in [-0.05, 0) is 26.8 Å². The maximum atomic E-state index is 11.6. The van der Waals surface area contributed by atoms with Crippen molar-refractivity contribution in [1.82, 2.24) is 10.3 Å². The number of nitrogens with one attached hydrogen (secondary N) is 1. The van der Waals surface area contributed by atoms with Gasteiger partial charge in [-0.1, -0.05) is 0 Å². The number of carbonyl (C=O) groups is 1. The standard InChI is InChI=1S/C11H15N3O3/c1-11(2,3)13-10(15)6-8-4-5-9(7-12-8)14(16)17/h4-5,7H,6H2,1-3H3,(H,13,15). The van der Waals surface area contributed by atoms with E-state index in [4.69, 9.17) is 0 Å². The summed E-state index contributed by atoms with van der Waals surface area (Å²) >= 11 is 0. The summed E-state index contributed by atoms with van der Waals surface area (Å²) < 4.78 is 0. The van der Waals surface area contributed by atoms with Gasteiger partial charge < -0.3 is 5.32 Å². The molecule has 6 heteroatoms. The Hall–Kier alpha value is -1.98. The van der Waals surface area contributed by atoms with Crippen LogP contribution in [0.3, 0.4) is 0 Å². The Morgan fingerprint density at radius 3 is 2.53 bits per heavy atom. The summed E-state index contributed by atoms with van der Waals surface area (Å²) in [5.41, 5.74) is 0.139. The van der Waals surface area contributed by atoms with Crippen LogP contribution in [0.25, 0.3) is 0 Å². The number of hydrogen-bond acceptors (Lipinski definition) is 4. The summed E-state index contributed by atoms with van der Waals surface area (Å²) in [7, 11) is 0. The van der Waals surface area contributed by atoms with Crippen LogP contribution >= 0.6 is 0 Å². The van der Waals surface area contributed by atoms with Crippen LogP contribution in [0.4, 0.5) is 5.69 Å². The zero-order chi connectivity index (χ0) is 13.1. The molecule has 92 valence electrons. The molecule has 17 heavy (non-hydrogen) atoms. The monoisotopic (exact) mass is 237 g/mol. The first-order valence-electron chi connectivity index (χ1n) is 5.18. The van der Waals surface area contributed by atoms with E-state index in [1.807, 2.05) is 20.8 Å². The van der Waals surface area contributed by atoms with Crippen molar-refractivity contribution in [2.75, 3.05) is 0 Å². The average Bonchev–Trinajstić information content (AvgIpc) is 2.15. The van der Waals surface area contributed by atoms with Crippen LogP contribution < -0.4 is 5.32 Å². The molecule has 0 aliphatic rings. The average molecular weight is 237 g/mol. The highest BCUT2D eigenvalue weighted by atomic mass is 16.6. The Labute approximate surface area is 99.2 Å². The van der Waals surface area contributed by atoms with Crippen molar-refractivity contribution < 1.29 is 9.72 Å². The summed E-state index contributed by atoms with van der Waals surface area (Å²) in [4.78, 5) is 25.3. The molecule has 1 amide bonds. The number of aromatic nitrogens is 1. The van der Waals surface area contributed by atoms with E-state index in [2.05, 4.69) is 10.3 Å². The van der Waals surface area contributed by atoms with E-state index >= 15 is 0 Å². The third-order valence-electron chi connectivity index (χ3n) is 1.88. The topological polar surface area (TPSA) is 85.1 Å². The number of nitro groups is 1. The highest BCUT2D eigenvalue weighted by Gasteiger charge is 2.14. The van der Waals surface area contributed by atoms with E-state index in [0.29, 0.717) is 5.69 Å². The molecular weight excluding hydrogens is 222 g/mol. The third-order valence-corrected chi connectivity index (χ3v) is 1.88. The van der Waals surface area contributed by atoms with Crippen LogP contribution in [0.5, 0.6) is 0 Å². The fraction of sp³-hybridized carbons (Fsp3) is 0.455. The van der Waals surface area contributed by atoms with Gasteiger partial charge in [0.05, 0.1) is 17.0 Å². The van der Waals surface area contributed by atoms with Crippen molar-refractivity contribution in [3.05, 3.63) is 34.1 Å². The van der Waals surface area contributed by atoms with E-state index in [1.165, 1.54) is 12.1 Å². The van der Waals surface area contributed by atoms with Gasteiger partial charge in [0.25, 0.3) is 5.69 Å². The Bertz CT molecular complexity index is 421. The highest BCUT2D eigenvalue weighted by Crippen LogP contribution is 2.09. The van der Waals surface area contributed by atoms with Crippen LogP contribution in [0, 0.1) is 10.1 Å². The van der Waals surface area contributed by atoms with Crippen molar-refractivity contribution in [2.24, 2.45) is 0 Å². The number of amides is 1. The molecule has 1 aromatic rings. The van der Waals surface area contributed by atoms with Gasteiger partial charge in [-0.15, -0.1) is 0 Å². The Morgan fingerprint density at radius 1 is 1.47 bits per heavy atom. The summed E-state index contributed by atoms with van der Waals surface area (Å²) in [6, 6.07) is 2.83. The zero-order valence-corrected chi connectivity index (χ0v) is 10.1. The molecule has 1 N–H and O–H groups in total. The number of nitrogens with zero attached hydrogens (tertiary/aromatic N) is 2. The third kappa shape index (κ3) is 4.58. The van der Waals surface area contributed by atoms with E-state index in [-0.39, 0.29) is 23.6 Å². The fourth-order valence-corrected chi connectivity index (χ4v) is 1.26. The largest absolute Gasteiger partial charge is 0.351 e. The van der Waals surface area contributed by atoms with E-state index in [9.17, 15) is 14.9 Å². The Morgan fingerprint density at radius 2 is 2.12 bits per heavy atom. The van der Waals surface area contributed by atoms with E-state index < -0.39 is 4.92 Å². The molecule has 0 aromatic carbocycles. The predicted octanol–water partition coefficient (Wildman–Crippen LogP) is 1.45. The minimum atomic E-state index is -0.522. The SMILES string of the molecule is CC(C)(C)NC(=O)Cc1ccc([N+](=O)[O-])cn1. The molecule has 1 heterocycles. The number of pyridine rings is 1. The second-order valence-electron chi connectivity index (χ2n) is 4.74. The minimum absolute atomic E-state index is 0.0787. The molecule has 0 aliphatic heterocycles. The van der Waals surface area contributed by atoms with Gasteiger partial charge in [0.15, 0.2) is 0 Å². The summed E-state index contributed by atoms with van der Waals surface area (Å²) in [5.74, 6) is -0.154. The van der Waals surface area contributed by atoms with Gasteiger partial charge in [-0.2, -0.15) is 0 Å². The summed E-state index contributed by atoms with van der Waals surface area (Å²) in [5, 5.41) is 13.2.